The van der Waals surface area contributed by atoms with Crippen molar-refractivity contribution in [1.29, 1.82) is 0 Å². The number of alkyl halides is 3. The SMILES string of the molecule is OC1(c2ccccc2OC(F)(F)F)CCCCC1. The third-order valence-corrected chi connectivity index (χ3v) is 3.29. The van der Waals surface area contributed by atoms with E-state index in [1.54, 1.807) is 6.07 Å². The van der Waals surface area contributed by atoms with Crippen molar-refractivity contribution in [3.63, 3.8) is 0 Å². The fraction of sp³-hybridized carbons (Fsp3) is 0.538. The Hall–Kier alpha value is -1.23. The summed E-state index contributed by atoms with van der Waals surface area (Å²) in [4.78, 5) is 0. The molecule has 5 heteroatoms. The summed E-state index contributed by atoms with van der Waals surface area (Å²) in [5.41, 5.74) is -0.956. The van der Waals surface area contributed by atoms with Crippen LogP contribution >= 0.6 is 0 Å². The van der Waals surface area contributed by atoms with Crippen LogP contribution in [-0.4, -0.2) is 11.5 Å². The molecule has 0 aromatic heterocycles. The lowest BCUT2D eigenvalue weighted by Gasteiger charge is -2.33. The number of hydrogen-bond acceptors (Lipinski definition) is 2. The lowest BCUT2D eigenvalue weighted by molar-refractivity contribution is -0.275. The molecule has 1 aliphatic rings. The molecule has 0 atom stereocenters. The van der Waals surface area contributed by atoms with Crippen molar-refractivity contribution in [1.82, 2.24) is 0 Å². The van der Waals surface area contributed by atoms with Crippen molar-refractivity contribution in [2.45, 2.75) is 44.1 Å². The smallest absolute Gasteiger partial charge is 0.405 e. The first-order valence-corrected chi connectivity index (χ1v) is 5.98. The molecular weight excluding hydrogens is 245 g/mol. The van der Waals surface area contributed by atoms with Crippen LogP contribution in [0.5, 0.6) is 5.75 Å². The highest BCUT2D eigenvalue weighted by atomic mass is 19.4. The van der Waals surface area contributed by atoms with Gasteiger partial charge in [0.2, 0.25) is 0 Å². The zero-order chi connectivity index (χ0) is 13.2. The summed E-state index contributed by atoms with van der Waals surface area (Å²) in [6, 6.07) is 5.84. The van der Waals surface area contributed by atoms with Crippen molar-refractivity contribution in [3.05, 3.63) is 29.8 Å². The third-order valence-electron chi connectivity index (χ3n) is 3.29. The van der Waals surface area contributed by atoms with Gasteiger partial charge >= 0.3 is 6.36 Å². The monoisotopic (exact) mass is 260 g/mol. The standard InChI is InChI=1S/C13H15F3O2/c14-13(15,16)18-11-7-3-2-6-10(11)12(17)8-4-1-5-9-12/h2-3,6-7,17H,1,4-5,8-9H2. The summed E-state index contributed by atoms with van der Waals surface area (Å²) in [6.45, 7) is 0. The van der Waals surface area contributed by atoms with E-state index in [1.807, 2.05) is 0 Å². The summed E-state index contributed by atoms with van der Waals surface area (Å²) in [5, 5.41) is 10.5. The largest absolute Gasteiger partial charge is 0.573 e. The van der Waals surface area contributed by atoms with Gasteiger partial charge in [-0.1, -0.05) is 37.5 Å². The number of halogens is 3. The molecule has 1 fully saturated rings. The minimum atomic E-state index is -4.73. The maximum absolute atomic E-state index is 12.3. The van der Waals surface area contributed by atoms with Gasteiger partial charge in [-0.3, -0.25) is 0 Å². The van der Waals surface area contributed by atoms with E-state index in [0.717, 1.165) is 19.3 Å². The summed E-state index contributed by atoms with van der Waals surface area (Å²) in [6.07, 6.45) is -1.14. The normalized spacial score (nSPS) is 19.6. The molecule has 0 heterocycles. The second-order valence-electron chi connectivity index (χ2n) is 4.64. The van der Waals surface area contributed by atoms with Crippen LogP contribution in [-0.2, 0) is 5.60 Å². The van der Waals surface area contributed by atoms with Crippen LogP contribution in [0.3, 0.4) is 0 Å². The zero-order valence-electron chi connectivity index (χ0n) is 9.83. The van der Waals surface area contributed by atoms with Crippen LogP contribution in [0.1, 0.15) is 37.7 Å². The van der Waals surface area contributed by atoms with Gasteiger partial charge in [0.15, 0.2) is 0 Å². The summed E-state index contributed by atoms with van der Waals surface area (Å²) < 4.78 is 40.9. The predicted molar refractivity (Wildman–Crippen MR) is 60.1 cm³/mol. The average Bonchev–Trinajstić information content (AvgIpc) is 2.28. The van der Waals surface area contributed by atoms with Gasteiger partial charge in [-0.25, -0.2) is 0 Å². The Kier molecular flexibility index (Phi) is 3.52. The Morgan fingerprint density at radius 1 is 1.06 bits per heavy atom. The molecule has 0 radical (unpaired) electrons. The fourth-order valence-electron chi connectivity index (χ4n) is 2.47. The molecule has 2 rings (SSSR count). The van der Waals surface area contributed by atoms with Crippen LogP contribution in [0.4, 0.5) is 13.2 Å². The molecule has 1 saturated carbocycles. The van der Waals surface area contributed by atoms with Crippen molar-refractivity contribution >= 4 is 0 Å². The first-order valence-electron chi connectivity index (χ1n) is 5.98. The minimum Gasteiger partial charge on any atom is -0.405 e. The lowest BCUT2D eigenvalue weighted by atomic mass is 9.79. The number of rotatable bonds is 2. The third kappa shape index (κ3) is 2.96. The van der Waals surface area contributed by atoms with Gasteiger partial charge in [0.25, 0.3) is 0 Å². The lowest BCUT2D eigenvalue weighted by Crippen LogP contribution is -2.30. The Balaban J connectivity index is 2.32. The molecular formula is C13H15F3O2. The molecule has 0 unspecified atom stereocenters. The van der Waals surface area contributed by atoms with Gasteiger partial charge in [-0.05, 0) is 18.9 Å². The van der Waals surface area contributed by atoms with Gasteiger partial charge in [0.1, 0.15) is 5.75 Å². The zero-order valence-corrected chi connectivity index (χ0v) is 9.83. The van der Waals surface area contributed by atoms with Gasteiger partial charge in [-0.2, -0.15) is 0 Å². The van der Waals surface area contributed by atoms with E-state index < -0.39 is 12.0 Å². The number of para-hydroxylation sites is 1. The predicted octanol–water partition coefficient (Wildman–Crippen LogP) is 3.74. The summed E-state index contributed by atoms with van der Waals surface area (Å²) in [7, 11) is 0. The highest BCUT2D eigenvalue weighted by molar-refractivity contribution is 5.38. The van der Waals surface area contributed by atoms with E-state index in [2.05, 4.69) is 4.74 Å². The fourth-order valence-corrected chi connectivity index (χ4v) is 2.47. The molecule has 0 aliphatic heterocycles. The highest BCUT2D eigenvalue weighted by Gasteiger charge is 2.37. The molecule has 0 bridgehead atoms. The molecule has 1 aromatic rings. The Bertz CT molecular complexity index is 409. The quantitative estimate of drug-likeness (QED) is 0.877. The van der Waals surface area contributed by atoms with Gasteiger partial charge < -0.3 is 9.84 Å². The molecule has 100 valence electrons. The van der Waals surface area contributed by atoms with Crippen molar-refractivity contribution in [2.24, 2.45) is 0 Å². The maximum atomic E-state index is 12.3. The molecule has 0 spiro atoms. The van der Waals surface area contributed by atoms with E-state index >= 15 is 0 Å². The van der Waals surface area contributed by atoms with Gasteiger partial charge in [0, 0.05) is 5.56 Å². The van der Waals surface area contributed by atoms with Crippen LogP contribution in [0.15, 0.2) is 24.3 Å². The van der Waals surface area contributed by atoms with Crippen LogP contribution in [0.25, 0.3) is 0 Å². The molecule has 0 saturated heterocycles. The van der Waals surface area contributed by atoms with E-state index in [1.165, 1.54) is 18.2 Å². The van der Waals surface area contributed by atoms with Gasteiger partial charge in [-0.15, -0.1) is 13.2 Å². The molecule has 2 nitrogen and oxygen atoms in total. The number of hydrogen-bond donors (Lipinski definition) is 1. The van der Waals surface area contributed by atoms with Crippen LogP contribution in [0, 0.1) is 0 Å². The van der Waals surface area contributed by atoms with E-state index in [9.17, 15) is 18.3 Å². The highest BCUT2D eigenvalue weighted by Crippen LogP contribution is 2.42. The minimum absolute atomic E-state index is 0.238. The molecule has 18 heavy (non-hydrogen) atoms. The van der Waals surface area contributed by atoms with Crippen molar-refractivity contribution in [2.75, 3.05) is 0 Å². The Morgan fingerprint density at radius 2 is 1.67 bits per heavy atom. The first-order chi connectivity index (χ1) is 8.41. The number of benzene rings is 1. The Labute approximate surface area is 103 Å². The van der Waals surface area contributed by atoms with Crippen molar-refractivity contribution in [3.8, 4) is 5.75 Å². The number of ether oxygens (including phenoxy) is 1. The summed E-state index contributed by atoms with van der Waals surface area (Å²) >= 11 is 0. The topological polar surface area (TPSA) is 29.5 Å². The van der Waals surface area contributed by atoms with E-state index in [0.29, 0.717) is 12.8 Å². The van der Waals surface area contributed by atoms with Crippen molar-refractivity contribution < 1.29 is 23.0 Å². The number of aliphatic hydroxyl groups is 1. The molecule has 1 aromatic carbocycles. The second kappa shape index (κ2) is 4.80. The first kappa shape index (κ1) is 13.2. The van der Waals surface area contributed by atoms with E-state index in [-0.39, 0.29) is 11.3 Å². The maximum Gasteiger partial charge on any atom is 0.573 e. The molecule has 1 aliphatic carbocycles. The molecule has 0 amide bonds. The van der Waals surface area contributed by atoms with Crippen LogP contribution < -0.4 is 4.74 Å². The van der Waals surface area contributed by atoms with E-state index in [4.69, 9.17) is 0 Å². The second-order valence-corrected chi connectivity index (χ2v) is 4.64. The summed E-state index contributed by atoms with van der Waals surface area (Å²) in [5.74, 6) is -0.297. The van der Waals surface area contributed by atoms with Gasteiger partial charge in [0.05, 0.1) is 5.60 Å². The molecule has 1 N–H and O–H groups in total. The average molecular weight is 260 g/mol. The van der Waals surface area contributed by atoms with Crippen LogP contribution in [0.2, 0.25) is 0 Å². The Morgan fingerprint density at radius 3 is 2.28 bits per heavy atom.